The molecule has 0 aromatic rings. The van der Waals surface area contributed by atoms with Crippen LogP contribution in [0.2, 0.25) is 0 Å². The van der Waals surface area contributed by atoms with Gasteiger partial charge in [0.2, 0.25) is 5.91 Å². The van der Waals surface area contributed by atoms with Crippen LogP contribution in [0.15, 0.2) is 0 Å². The summed E-state index contributed by atoms with van der Waals surface area (Å²) in [5, 5.41) is 8.97. The molecule has 0 spiro atoms. The molecule has 2 aliphatic heterocycles. The maximum Gasteiger partial charge on any atom is 0.326 e. The lowest BCUT2D eigenvalue weighted by atomic mass is 10.1. The zero-order chi connectivity index (χ0) is 11.5. The fourth-order valence-electron chi connectivity index (χ4n) is 2.44. The molecule has 0 bridgehead atoms. The minimum absolute atomic E-state index is 0.00236. The lowest BCUT2D eigenvalue weighted by molar-refractivity contribution is -0.149. The van der Waals surface area contributed by atoms with Gasteiger partial charge in [-0.1, -0.05) is 0 Å². The SMILES string of the molecule is O=C(O)C1CCCN1C(=O)C[C@H]1CCCO1. The number of carboxylic acid groups (broad SMARTS) is 1. The maximum atomic E-state index is 11.9. The average molecular weight is 227 g/mol. The molecule has 0 aromatic heterocycles. The molecule has 1 unspecified atom stereocenters. The van der Waals surface area contributed by atoms with Crippen LogP contribution in [0.25, 0.3) is 0 Å². The van der Waals surface area contributed by atoms with Crippen molar-refractivity contribution in [3.8, 4) is 0 Å². The first-order valence-corrected chi connectivity index (χ1v) is 5.82. The summed E-state index contributed by atoms with van der Waals surface area (Å²) in [7, 11) is 0. The van der Waals surface area contributed by atoms with E-state index in [0.717, 1.165) is 25.9 Å². The number of rotatable bonds is 3. The Morgan fingerprint density at radius 2 is 2.12 bits per heavy atom. The Morgan fingerprint density at radius 3 is 2.75 bits per heavy atom. The van der Waals surface area contributed by atoms with Crippen molar-refractivity contribution in [1.82, 2.24) is 4.90 Å². The van der Waals surface area contributed by atoms with Crippen molar-refractivity contribution >= 4 is 11.9 Å². The predicted molar refractivity (Wildman–Crippen MR) is 56.0 cm³/mol. The van der Waals surface area contributed by atoms with Gasteiger partial charge in [0.1, 0.15) is 6.04 Å². The van der Waals surface area contributed by atoms with E-state index in [1.807, 2.05) is 0 Å². The van der Waals surface area contributed by atoms with Crippen LogP contribution in [0.3, 0.4) is 0 Å². The standard InChI is InChI=1S/C11H17NO4/c13-10(7-8-3-2-6-16-8)12-5-1-4-9(12)11(14)15/h8-9H,1-7H2,(H,14,15)/t8-,9?/m1/s1. The summed E-state index contributed by atoms with van der Waals surface area (Å²) < 4.78 is 5.38. The molecule has 0 radical (unpaired) electrons. The number of carbonyl (C=O) groups excluding carboxylic acids is 1. The van der Waals surface area contributed by atoms with E-state index in [4.69, 9.17) is 9.84 Å². The van der Waals surface area contributed by atoms with Crippen molar-refractivity contribution < 1.29 is 19.4 Å². The minimum Gasteiger partial charge on any atom is -0.480 e. The summed E-state index contributed by atoms with van der Waals surface area (Å²) in [6, 6.07) is -0.617. The lowest BCUT2D eigenvalue weighted by Gasteiger charge is -2.22. The third-order valence-corrected chi connectivity index (χ3v) is 3.28. The number of amides is 1. The van der Waals surface area contributed by atoms with Gasteiger partial charge in [0.25, 0.3) is 0 Å². The van der Waals surface area contributed by atoms with Crippen LogP contribution in [0, 0.1) is 0 Å². The number of hydrogen-bond donors (Lipinski definition) is 1. The lowest BCUT2D eigenvalue weighted by Crippen LogP contribution is -2.41. The summed E-state index contributed by atoms with van der Waals surface area (Å²) in [6.45, 7) is 1.29. The van der Waals surface area contributed by atoms with Crippen molar-refractivity contribution in [3.05, 3.63) is 0 Å². The number of aliphatic carboxylic acids is 1. The Bertz CT molecular complexity index is 286. The summed E-state index contributed by atoms with van der Waals surface area (Å²) in [6.07, 6.45) is 3.62. The van der Waals surface area contributed by atoms with Crippen LogP contribution >= 0.6 is 0 Å². The normalized spacial score (nSPS) is 29.6. The molecule has 2 saturated heterocycles. The summed E-state index contributed by atoms with van der Waals surface area (Å²) in [5.41, 5.74) is 0. The van der Waals surface area contributed by atoms with E-state index in [9.17, 15) is 9.59 Å². The summed E-state index contributed by atoms with van der Waals surface area (Å²) >= 11 is 0. The highest BCUT2D eigenvalue weighted by Gasteiger charge is 2.35. The smallest absolute Gasteiger partial charge is 0.326 e. The number of carbonyl (C=O) groups is 2. The third kappa shape index (κ3) is 2.35. The molecule has 2 aliphatic rings. The highest BCUT2D eigenvalue weighted by atomic mass is 16.5. The Morgan fingerprint density at radius 1 is 1.31 bits per heavy atom. The monoisotopic (exact) mass is 227 g/mol. The van der Waals surface area contributed by atoms with Crippen molar-refractivity contribution in [2.75, 3.05) is 13.2 Å². The van der Waals surface area contributed by atoms with E-state index >= 15 is 0 Å². The van der Waals surface area contributed by atoms with E-state index in [1.165, 1.54) is 4.90 Å². The van der Waals surface area contributed by atoms with E-state index < -0.39 is 12.0 Å². The molecule has 1 N–H and O–H groups in total. The molecule has 5 heteroatoms. The molecular weight excluding hydrogens is 210 g/mol. The molecule has 0 saturated carbocycles. The van der Waals surface area contributed by atoms with Crippen molar-refractivity contribution in [2.45, 2.75) is 44.2 Å². The molecule has 1 amide bonds. The molecule has 2 heterocycles. The highest BCUT2D eigenvalue weighted by molar-refractivity contribution is 5.84. The first-order chi connectivity index (χ1) is 7.68. The van der Waals surface area contributed by atoms with Gasteiger partial charge in [-0.15, -0.1) is 0 Å². The summed E-state index contributed by atoms with van der Waals surface area (Å²) in [4.78, 5) is 24.3. The minimum atomic E-state index is -0.891. The second kappa shape index (κ2) is 4.82. The predicted octanol–water partition coefficient (Wildman–Crippen LogP) is 0.631. The van der Waals surface area contributed by atoms with Crippen LogP contribution < -0.4 is 0 Å². The van der Waals surface area contributed by atoms with E-state index in [1.54, 1.807) is 0 Å². The van der Waals surface area contributed by atoms with E-state index in [0.29, 0.717) is 19.4 Å². The number of ether oxygens (including phenoxy) is 1. The molecule has 2 atom stereocenters. The fraction of sp³-hybridized carbons (Fsp3) is 0.818. The summed E-state index contributed by atoms with van der Waals surface area (Å²) in [5.74, 6) is -0.963. The largest absolute Gasteiger partial charge is 0.480 e. The molecule has 0 aromatic carbocycles. The second-order valence-corrected chi connectivity index (χ2v) is 4.42. The number of likely N-dealkylation sites (tertiary alicyclic amines) is 1. The Labute approximate surface area is 94.4 Å². The van der Waals surface area contributed by atoms with Crippen LogP contribution in [0.1, 0.15) is 32.1 Å². The quantitative estimate of drug-likeness (QED) is 0.768. The molecule has 2 rings (SSSR count). The molecule has 0 aliphatic carbocycles. The fourth-order valence-corrected chi connectivity index (χ4v) is 2.44. The Hall–Kier alpha value is -1.10. The van der Waals surface area contributed by atoms with Crippen LogP contribution in [0.5, 0.6) is 0 Å². The molecule has 5 nitrogen and oxygen atoms in total. The Kier molecular flexibility index (Phi) is 3.43. The first-order valence-electron chi connectivity index (χ1n) is 5.82. The molecule has 16 heavy (non-hydrogen) atoms. The molecular formula is C11H17NO4. The van der Waals surface area contributed by atoms with Gasteiger partial charge >= 0.3 is 5.97 Å². The van der Waals surface area contributed by atoms with Crippen LogP contribution in [-0.2, 0) is 14.3 Å². The van der Waals surface area contributed by atoms with Gasteiger partial charge in [-0.2, -0.15) is 0 Å². The third-order valence-electron chi connectivity index (χ3n) is 3.28. The van der Waals surface area contributed by atoms with Gasteiger partial charge in [-0.05, 0) is 25.7 Å². The average Bonchev–Trinajstić information content (AvgIpc) is 2.86. The molecule has 90 valence electrons. The van der Waals surface area contributed by atoms with Crippen molar-refractivity contribution in [2.24, 2.45) is 0 Å². The zero-order valence-electron chi connectivity index (χ0n) is 9.22. The zero-order valence-corrected chi connectivity index (χ0v) is 9.22. The molecule has 2 fully saturated rings. The van der Waals surface area contributed by atoms with Crippen molar-refractivity contribution in [1.29, 1.82) is 0 Å². The van der Waals surface area contributed by atoms with Crippen LogP contribution in [-0.4, -0.2) is 47.2 Å². The highest BCUT2D eigenvalue weighted by Crippen LogP contribution is 2.22. The van der Waals surface area contributed by atoms with Gasteiger partial charge in [-0.25, -0.2) is 4.79 Å². The van der Waals surface area contributed by atoms with Gasteiger partial charge in [-0.3, -0.25) is 4.79 Å². The number of nitrogens with zero attached hydrogens (tertiary/aromatic N) is 1. The van der Waals surface area contributed by atoms with Gasteiger partial charge in [0, 0.05) is 13.2 Å². The maximum absolute atomic E-state index is 11.9. The number of carboxylic acids is 1. The number of hydrogen-bond acceptors (Lipinski definition) is 3. The first kappa shape index (κ1) is 11.4. The second-order valence-electron chi connectivity index (χ2n) is 4.42. The van der Waals surface area contributed by atoms with E-state index in [-0.39, 0.29) is 12.0 Å². The van der Waals surface area contributed by atoms with Gasteiger partial charge in [0.05, 0.1) is 12.5 Å². The van der Waals surface area contributed by atoms with Crippen molar-refractivity contribution in [3.63, 3.8) is 0 Å². The Balaban J connectivity index is 1.90. The van der Waals surface area contributed by atoms with Crippen LogP contribution in [0.4, 0.5) is 0 Å². The van der Waals surface area contributed by atoms with Gasteiger partial charge < -0.3 is 14.7 Å². The van der Waals surface area contributed by atoms with Gasteiger partial charge in [0.15, 0.2) is 0 Å². The topological polar surface area (TPSA) is 66.8 Å². The van der Waals surface area contributed by atoms with E-state index in [2.05, 4.69) is 0 Å².